The highest BCUT2D eigenvalue weighted by molar-refractivity contribution is 6.52. The van der Waals surface area contributed by atoms with Crippen molar-refractivity contribution in [2.24, 2.45) is 0 Å². The molecule has 1 saturated heterocycles. The number of carbonyl (C=O) groups is 2. The van der Waals surface area contributed by atoms with E-state index in [-0.39, 0.29) is 17.1 Å². The van der Waals surface area contributed by atoms with Crippen LogP contribution in [0.1, 0.15) is 17.2 Å². The standard InChI is InChI=1S/C27H18ClNO4/c28-18-9-5-10-19(15-18)29-24(17-8-3-11-20(30)14-17)23(26(32)27(29)33)25(31)22-13-4-7-16-6-1-2-12-21(16)22/h1-15,24,30-31H/b25-23-. The Balaban J connectivity index is 1.79. The number of Topliss-reactive ketones (excluding diaryl/α,β-unsaturated/α-hetero) is 1. The van der Waals surface area contributed by atoms with Crippen molar-refractivity contribution in [2.45, 2.75) is 6.04 Å². The summed E-state index contributed by atoms with van der Waals surface area (Å²) in [4.78, 5) is 27.8. The molecule has 1 aliphatic heterocycles. The lowest BCUT2D eigenvalue weighted by molar-refractivity contribution is -0.132. The predicted molar refractivity (Wildman–Crippen MR) is 128 cm³/mol. The van der Waals surface area contributed by atoms with E-state index in [1.54, 1.807) is 48.5 Å². The lowest BCUT2D eigenvalue weighted by Crippen LogP contribution is -2.29. The summed E-state index contributed by atoms with van der Waals surface area (Å²) >= 11 is 6.16. The van der Waals surface area contributed by atoms with Gasteiger partial charge >= 0.3 is 0 Å². The van der Waals surface area contributed by atoms with Crippen LogP contribution in [-0.2, 0) is 9.59 Å². The van der Waals surface area contributed by atoms with Gasteiger partial charge < -0.3 is 10.2 Å². The maximum atomic E-state index is 13.3. The normalized spacial score (nSPS) is 17.6. The highest BCUT2D eigenvalue weighted by Crippen LogP contribution is 2.43. The molecule has 1 amide bonds. The molecule has 33 heavy (non-hydrogen) atoms. The van der Waals surface area contributed by atoms with Gasteiger partial charge in [-0.2, -0.15) is 0 Å². The second-order valence-corrected chi connectivity index (χ2v) is 8.21. The van der Waals surface area contributed by atoms with E-state index in [4.69, 9.17) is 11.6 Å². The van der Waals surface area contributed by atoms with Crippen molar-refractivity contribution in [1.82, 2.24) is 0 Å². The van der Waals surface area contributed by atoms with Crippen molar-refractivity contribution >= 4 is 45.5 Å². The van der Waals surface area contributed by atoms with E-state index in [9.17, 15) is 19.8 Å². The van der Waals surface area contributed by atoms with Crippen molar-refractivity contribution in [1.29, 1.82) is 0 Å². The number of phenols is 1. The monoisotopic (exact) mass is 455 g/mol. The molecule has 0 spiro atoms. The third-order valence-electron chi connectivity index (χ3n) is 5.76. The number of rotatable bonds is 3. The average molecular weight is 456 g/mol. The van der Waals surface area contributed by atoms with Gasteiger partial charge in [0.1, 0.15) is 11.5 Å². The highest BCUT2D eigenvalue weighted by Gasteiger charge is 2.47. The molecule has 1 fully saturated rings. The van der Waals surface area contributed by atoms with Crippen LogP contribution < -0.4 is 4.90 Å². The van der Waals surface area contributed by atoms with Crippen LogP contribution in [0.3, 0.4) is 0 Å². The Hall–Kier alpha value is -4.09. The molecule has 2 N–H and O–H groups in total. The first kappa shape index (κ1) is 20.8. The van der Waals surface area contributed by atoms with E-state index in [1.165, 1.54) is 17.0 Å². The number of aromatic hydroxyl groups is 1. The number of hydrogen-bond donors (Lipinski definition) is 2. The molecule has 1 heterocycles. The fourth-order valence-corrected chi connectivity index (χ4v) is 4.50. The molecular weight excluding hydrogens is 438 g/mol. The van der Waals surface area contributed by atoms with Crippen molar-refractivity contribution in [2.75, 3.05) is 4.90 Å². The van der Waals surface area contributed by atoms with Gasteiger partial charge in [-0.3, -0.25) is 14.5 Å². The molecule has 5 nitrogen and oxygen atoms in total. The van der Waals surface area contributed by atoms with E-state index < -0.39 is 17.7 Å². The molecule has 4 aromatic carbocycles. The van der Waals surface area contributed by atoms with Crippen LogP contribution in [0.2, 0.25) is 5.02 Å². The summed E-state index contributed by atoms with van der Waals surface area (Å²) in [7, 11) is 0. The largest absolute Gasteiger partial charge is 0.508 e. The minimum absolute atomic E-state index is 0.0191. The van der Waals surface area contributed by atoms with Gasteiger partial charge in [0.25, 0.3) is 11.7 Å². The van der Waals surface area contributed by atoms with E-state index in [2.05, 4.69) is 0 Å². The van der Waals surface area contributed by atoms with Crippen molar-refractivity contribution < 1.29 is 19.8 Å². The van der Waals surface area contributed by atoms with Crippen LogP contribution in [0, 0.1) is 0 Å². The number of hydrogen-bond acceptors (Lipinski definition) is 4. The number of benzene rings is 4. The minimum atomic E-state index is -0.950. The first-order valence-corrected chi connectivity index (χ1v) is 10.7. The Morgan fingerprint density at radius 2 is 1.58 bits per heavy atom. The fraction of sp³-hybridized carbons (Fsp3) is 0.0370. The molecule has 0 radical (unpaired) electrons. The summed E-state index contributed by atoms with van der Waals surface area (Å²) in [6, 6.07) is 24.8. The van der Waals surface area contributed by atoms with Gasteiger partial charge in [-0.25, -0.2) is 0 Å². The van der Waals surface area contributed by atoms with Gasteiger partial charge in [0, 0.05) is 16.3 Å². The molecule has 0 saturated carbocycles. The zero-order chi connectivity index (χ0) is 23.1. The van der Waals surface area contributed by atoms with Crippen LogP contribution in [0.5, 0.6) is 5.75 Å². The Kier molecular flexibility index (Phi) is 5.11. The maximum Gasteiger partial charge on any atom is 0.300 e. The van der Waals surface area contributed by atoms with E-state index in [1.807, 2.05) is 30.3 Å². The molecule has 0 bridgehead atoms. The number of amides is 1. The summed E-state index contributed by atoms with van der Waals surface area (Å²) in [6.07, 6.45) is 0. The van der Waals surface area contributed by atoms with Crippen LogP contribution in [-0.4, -0.2) is 21.9 Å². The van der Waals surface area contributed by atoms with E-state index in [0.717, 1.165) is 10.8 Å². The predicted octanol–water partition coefficient (Wildman–Crippen LogP) is 5.83. The van der Waals surface area contributed by atoms with Gasteiger partial charge in [-0.05, 0) is 46.7 Å². The van der Waals surface area contributed by atoms with Crippen LogP contribution >= 0.6 is 11.6 Å². The van der Waals surface area contributed by atoms with Crippen molar-refractivity contribution in [3.63, 3.8) is 0 Å². The third-order valence-corrected chi connectivity index (χ3v) is 6.00. The third kappa shape index (κ3) is 3.52. The summed E-state index contributed by atoms with van der Waals surface area (Å²) in [6.45, 7) is 0. The second-order valence-electron chi connectivity index (χ2n) is 7.77. The lowest BCUT2D eigenvalue weighted by Gasteiger charge is -2.25. The van der Waals surface area contributed by atoms with Gasteiger partial charge in [-0.1, -0.05) is 72.3 Å². The second kappa shape index (κ2) is 8.11. The van der Waals surface area contributed by atoms with E-state index in [0.29, 0.717) is 21.8 Å². The summed E-state index contributed by atoms with van der Waals surface area (Å²) < 4.78 is 0. The molecule has 6 heteroatoms. The molecule has 0 aliphatic carbocycles. The number of nitrogens with zero attached hydrogens (tertiary/aromatic N) is 1. The van der Waals surface area contributed by atoms with Crippen molar-refractivity contribution in [3.05, 3.63) is 113 Å². The number of phenolic OH excluding ortho intramolecular Hbond substituents is 1. The molecule has 4 aromatic rings. The molecule has 1 aliphatic rings. The van der Waals surface area contributed by atoms with Gasteiger partial charge in [0.15, 0.2) is 0 Å². The first-order chi connectivity index (χ1) is 16.0. The maximum absolute atomic E-state index is 13.3. The fourth-order valence-electron chi connectivity index (χ4n) is 4.31. The van der Waals surface area contributed by atoms with Crippen LogP contribution in [0.25, 0.3) is 16.5 Å². The topological polar surface area (TPSA) is 77.8 Å². The van der Waals surface area contributed by atoms with Crippen molar-refractivity contribution in [3.8, 4) is 5.75 Å². The number of fused-ring (bicyclic) bond motifs is 1. The average Bonchev–Trinajstić information content (AvgIpc) is 3.09. The summed E-state index contributed by atoms with van der Waals surface area (Å²) in [5.41, 5.74) is 1.29. The zero-order valence-electron chi connectivity index (χ0n) is 17.3. The summed E-state index contributed by atoms with van der Waals surface area (Å²) in [5, 5.41) is 23.6. The number of aliphatic hydroxyl groups is 1. The number of carbonyl (C=O) groups excluding carboxylic acids is 2. The Morgan fingerprint density at radius 3 is 2.36 bits per heavy atom. The molecule has 5 rings (SSSR count). The van der Waals surface area contributed by atoms with Gasteiger partial charge in [-0.15, -0.1) is 0 Å². The zero-order valence-corrected chi connectivity index (χ0v) is 18.0. The van der Waals surface area contributed by atoms with Gasteiger partial charge in [0.2, 0.25) is 0 Å². The minimum Gasteiger partial charge on any atom is -0.508 e. The highest BCUT2D eigenvalue weighted by atomic mass is 35.5. The SMILES string of the molecule is O=C1C(=O)N(c2cccc(Cl)c2)C(c2cccc(O)c2)/C1=C(/O)c1cccc2ccccc12. The number of ketones is 1. The lowest BCUT2D eigenvalue weighted by atomic mass is 9.93. The van der Waals surface area contributed by atoms with E-state index >= 15 is 0 Å². The molecular formula is C27H18ClNO4. The Morgan fingerprint density at radius 1 is 0.848 bits per heavy atom. The smallest absolute Gasteiger partial charge is 0.300 e. The molecule has 1 atom stereocenters. The number of halogens is 1. The van der Waals surface area contributed by atoms with Crippen LogP contribution in [0.15, 0.2) is 96.6 Å². The molecule has 1 unspecified atom stereocenters. The first-order valence-electron chi connectivity index (χ1n) is 10.3. The Labute approximate surface area is 194 Å². The molecule has 0 aromatic heterocycles. The quantitative estimate of drug-likeness (QED) is 0.231. The molecule has 162 valence electrons. The summed E-state index contributed by atoms with van der Waals surface area (Å²) in [5.74, 6) is -1.89. The van der Waals surface area contributed by atoms with Gasteiger partial charge in [0.05, 0.1) is 11.6 Å². The number of anilines is 1. The van der Waals surface area contributed by atoms with Crippen LogP contribution in [0.4, 0.5) is 5.69 Å². The Bertz CT molecular complexity index is 1450. The number of aliphatic hydroxyl groups excluding tert-OH is 1.